The molecule has 2 aromatic rings. The van der Waals surface area contributed by atoms with Gasteiger partial charge in [-0.3, -0.25) is 4.79 Å². The summed E-state index contributed by atoms with van der Waals surface area (Å²) in [6, 6.07) is 13.5. The molecule has 0 atom stereocenters. The van der Waals surface area contributed by atoms with Crippen LogP contribution in [0.5, 0.6) is 5.75 Å². The Morgan fingerprint density at radius 3 is 2.60 bits per heavy atom. The molecule has 0 aliphatic carbocycles. The van der Waals surface area contributed by atoms with Crippen molar-refractivity contribution in [2.75, 3.05) is 13.2 Å². The zero-order valence-corrected chi connectivity index (χ0v) is 14.3. The van der Waals surface area contributed by atoms with Gasteiger partial charge in [-0.05, 0) is 43.3 Å². The van der Waals surface area contributed by atoms with E-state index in [4.69, 9.17) is 21.1 Å². The molecule has 0 fully saturated rings. The first kappa shape index (κ1) is 18.5. The van der Waals surface area contributed by atoms with Crippen LogP contribution in [0.1, 0.15) is 22.8 Å². The summed E-state index contributed by atoms with van der Waals surface area (Å²) in [5.41, 5.74) is 3.47. The summed E-state index contributed by atoms with van der Waals surface area (Å²) in [6.07, 6.45) is 1.44. The molecule has 130 valence electrons. The number of halogens is 1. The highest BCUT2D eigenvalue weighted by Crippen LogP contribution is 2.16. The van der Waals surface area contributed by atoms with Crippen LogP contribution in [0.4, 0.5) is 0 Å². The summed E-state index contributed by atoms with van der Waals surface area (Å²) >= 11 is 5.78. The molecule has 0 bridgehead atoms. The smallest absolute Gasteiger partial charge is 0.344 e. The number of para-hydroxylation sites is 1. The van der Waals surface area contributed by atoms with Gasteiger partial charge in [0.05, 0.1) is 12.8 Å². The van der Waals surface area contributed by atoms with Gasteiger partial charge in [0.25, 0.3) is 5.91 Å². The summed E-state index contributed by atoms with van der Waals surface area (Å²) < 4.78 is 10.2. The Kier molecular flexibility index (Phi) is 6.98. The molecule has 1 amide bonds. The van der Waals surface area contributed by atoms with Crippen molar-refractivity contribution >= 4 is 29.7 Å². The van der Waals surface area contributed by atoms with Gasteiger partial charge in [-0.25, -0.2) is 10.2 Å². The molecule has 2 aromatic carbocycles. The van der Waals surface area contributed by atoms with E-state index in [9.17, 15) is 9.59 Å². The minimum atomic E-state index is -0.453. The molecule has 0 unspecified atom stereocenters. The molecule has 25 heavy (non-hydrogen) atoms. The maximum absolute atomic E-state index is 12.0. The Morgan fingerprint density at radius 1 is 1.16 bits per heavy atom. The number of ether oxygens (including phenoxy) is 2. The quantitative estimate of drug-likeness (QED) is 0.467. The average molecular weight is 361 g/mol. The normalized spacial score (nSPS) is 10.5. The maximum Gasteiger partial charge on any atom is 0.344 e. The van der Waals surface area contributed by atoms with Crippen molar-refractivity contribution in [3.63, 3.8) is 0 Å². The summed E-state index contributed by atoms with van der Waals surface area (Å²) in [7, 11) is 0. The number of hydrogen-bond donors (Lipinski definition) is 1. The number of rotatable bonds is 7. The highest BCUT2D eigenvalue weighted by atomic mass is 35.5. The summed E-state index contributed by atoms with van der Waals surface area (Å²) in [5.74, 6) is -0.358. The van der Waals surface area contributed by atoms with E-state index < -0.39 is 5.97 Å². The number of hydrogen-bond acceptors (Lipinski definition) is 5. The van der Waals surface area contributed by atoms with Gasteiger partial charge in [0.1, 0.15) is 5.75 Å². The molecule has 0 saturated carbocycles. The van der Waals surface area contributed by atoms with Crippen LogP contribution in [-0.2, 0) is 9.53 Å². The number of benzene rings is 2. The van der Waals surface area contributed by atoms with E-state index in [0.29, 0.717) is 28.5 Å². The average Bonchev–Trinajstić information content (AvgIpc) is 2.61. The minimum absolute atomic E-state index is 0.199. The predicted octanol–water partition coefficient (Wildman–Crippen LogP) is 3.05. The van der Waals surface area contributed by atoms with Crippen LogP contribution < -0.4 is 10.2 Å². The van der Waals surface area contributed by atoms with Crippen LogP contribution in [0.3, 0.4) is 0 Å². The van der Waals surface area contributed by atoms with Gasteiger partial charge >= 0.3 is 5.97 Å². The third kappa shape index (κ3) is 5.93. The summed E-state index contributed by atoms with van der Waals surface area (Å²) in [5, 5.41) is 4.46. The van der Waals surface area contributed by atoms with E-state index in [1.54, 1.807) is 55.5 Å². The Labute approximate surface area is 150 Å². The number of carbonyl (C=O) groups is 2. The third-order valence-corrected chi connectivity index (χ3v) is 3.30. The predicted molar refractivity (Wildman–Crippen MR) is 95.1 cm³/mol. The zero-order valence-electron chi connectivity index (χ0n) is 13.6. The van der Waals surface area contributed by atoms with Gasteiger partial charge < -0.3 is 9.47 Å². The third-order valence-electron chi connectivity index (χ3n) is 3.05. The van der Waals surface area contributed by atoms with Crippen molar-refractivity contribution in [3.05, 3.63) is 64.7 Å². The zero-order chi connectivity index (χ0) is 18.1. The second-order valence-corrected chi connectivity index (χ2v) is 5.27. The van der Waals surface area contributed by atoms with Gasteiger partial charge in [0, 0.05) is 16.1 Å². The van der Waals surface area contributed by atoms with Gasteiger partial charge in [0.15, 0.2) is 6.61 Å². The first-order chi connectivity index (χ1) is 12.1. The molecule has 2 rings (SSSR count). The fourth-order valence-corrected chi connectivity index (χ4v) is 2.01. The van der Waals surface area contributed by atoms with Crippen molar-refractivity contribution < 1.29 is 19.1 Å². The Hall–Kier alpha value is -2.86. The number of amides is 1. The lowest BCUT2D eigenvalue weighted by Gasteiger charge is -2.08. The van der Waals surface area contributed by atoms with Crippen LogP contribution in [0.2, 0.25) is 5.02 Å². The van der Waals surface area contributed by atoms with Crippen molar-refractivity contribution in [1.82, 2.24) is 5.43 Å². The first-order valence-corrected chi connectivity index (χ1v) is 7.94. The van der Waals surface area contributed by atoms with E-state index in [1.165, 1.54) is 6.21 Å². The Morgan fingerprint density at radius 2 is 1.88 bits per heavy atom. The summed E-state index contributed by atoms with van der Waals surface area (Å²) in [4.78, 5) is 23.3. The summed E-state index contributed by atoms with van der Waals surface area (Å²) in [6.45, 7) is 1.82. The molecule has 6 nitrogen and oxygen atoms in total. The van der Waals surface area contributed by atoms with E-state index in [-0.39, 0.29) is 12.5 Å². The topological polar surface area (TPSA) is 77.0 Å². The van der Waals surface area contributed by atoms with Gasteiger partial charge in [-0.15, -0.1) is 0 Å². The largest absolute Gasteiger partial charge is 0.481 e. The lowest BCUT2D eigenvalue weighted by molar-refractivity contribution is -0.145. The number of nitrogens with one attached hydrogen (secondary N) is 1. The Balaban J connectivity index is 1.97. The molecule has 0 aliphatic heterocycles. The lowest BCUT2D eigenvalue weighted by Crippen LogP contribution is -2.17. The van der Waals surface area contributed by atoms with Crippen LogP contribution in [0, 0.1) is 0 Å². The molecular weight excluding hydrogens is 344 g/mol. The SMILES string of the molecule is CCOC(=O)COc1ccccc1/C=N\NC(=O)c1ccc(Cl)cc1. The van der Waals surface area contributed by atoms with Crippen LogP contribution in [-0.4, -0.2) is 31.3 Å². The highest BCUT2D eigenvalue weighted by molar-refractivity contribution is 6.30. The molecule has 0 saturated heterocycles. The van der Waals surface area contributed by atoms with E-state index in [0.717, 1.165) is 0 Å². The van der Waals surface area contributed by atoms with Gasteiger partial charge in [-0.1, -0.05) is 23.7 Å². The number of nitrogens with zero attached hydrogens (tertiary/aromatic N) is 1. The molecule has 0 spiro atoms. The van der Waals surface area contributed by atoms with Crippen LogP contribution >= 0.6 is 11.6 Å². The maximum atomic E-state index is 12.0. The molecule has 0 radical (unpaired) electrons. The van der Waals surface area contributed by atoms with Crippen molar-refractivity contribution in [1.29, 1.82) is 0 Å². The van der Waals surface area contributed by atoms with E-state index in [1.807, 2.05) is 0 Å². The van der Waals surface area contributed by atoms with E-state index in [2.05, 4.69) is 10.5 Å². The molecular formula is C18H17ClN2O4. The van der Waals surface area contributed by atoms with Gasteiger partial charge in [0.2, 0.25) is 0 Å². The molecule has 0 aliphatic rings. The second kappa shape index (κ2) is 9.44. The van der Waals surface area contributed by atoms with Crippen LogP contribution in [0.15, 0.2) is 53.6 Å². The number of carbonyl (C=O) groups excluding carboxylic acids is 2. The molecule has 1 N–H and O–H groups in total. The fraction of sp³-hybridized carbons (Fsp3) is 0.167. The standard InChI is InChI=1S/C18H17ClN2O4/c1-2-24-17(22)12-25-16-6-4-3-5-14(16)11-20-21-18(23)13-7-9-15(19)10-8-13/h3-11H,2,12H2,1H3,(H,21,23)/b20-11-. The fourth-order valence-electron chi connectivity index (χ4n) is 1.88. The van der Waals surface area contributed by atoms with Crippen molar-refractivity contribution in [3.8, 4) is 5.75 Å². The molecule has 0 aromatic heterocycles. The van der Waals surface area contributed by atoms with E-state index >= 15 is 0 Å². The first-order valence-electron chi connectivity index (χ1n) is 7.56. The number of esters is 1. The highest BCUT2D eigenvalue weighted by Gasteiger charge is 2.07. The second-order valence-electron chi connectivity index (χ2n) is 4.84. The van der Waals surface area contributed by atoms with Crippen LogP contribution in [0.25, 0.3) is 0 Å². The molecule has 7 heteroatoms. The molecule has 0 heterocycles. The number of hydrazone groups is 1. The van der Waals surface area contributed by atoms with Crippen molar-refractivity contribution in [2.45, 2.75) is 6.92 Å². The monoisotopic (exact) mass is 360 g/mol. The minimum Gasteiger partial charge on any atom is -0.481 e. The van der Waals surface area contributed by atoms with Crippen molar-refractivity contribution in [2.24, 2.45) is 5.10 Å². The Bertz CT molecular complexity index is 760. The van der Waals surface area contributed by atoms with Gasteiger partial charge in [-0.2, -0.15) is 5.10 Å². The lowest BCUT2D eigenvalue weighted by atomic mass is 10.2.